The number of Topliss-reactive ketones (excluding diaryl/α,β-unsaturated/α-hetero) is 1. The largest absolute Gasteiger partial charge is 0.493 e. The quantitative estimate of drug-likeness (QED) is 0.864. The molecule has 0 fully saturated rings. The van der Waals surface area contributed by atoms with E-state index in [0.29, 0.717) is 34.1 Å². The number of methoxy groups -OCH3 is 2. The Morgan fingerprint density at radius 3 is 2.25 bits per heavy atom. The van der Waals surface area contributed by atoms with Gasteiger partial charge >= 0.3 is 0 Å². The van der Waals surface area contributed by atoms with Crippen LogP contribution in [0.3, 0.4) is 0 Å². The summed E-state index contributed by atoms with van der Waals surface area (Å²) in [6.07, 6.45) is 0. The Balaban J connectivity index is 1.84. The molecule has 4 rings (SSSR count). The van der Waals surface area contributed by atoms with E-state index in [2.05, 4.69) is 0 Å². The molecule has 0 amide bonds. The molecule has 2 aromatic rings. The number of benzene rings is 2. The monoisotopic (exact) mass is 324 g/mol. The average Bonchev–Trinajstić information content (AvgIpc) is 3.16. The zero-order chi connectivity index (χ0) is 16.8. The van der Waals surface area contributed by atoms with Crippen molar-refractivity contribution in [2.24, 2.45) is 0 Å². The molecule has 5 heteroatoms. The highest BCUT2D eigenvalue weighted by atomic mass is 16.7. The molecule has 1 aliphatic heterocycles. The van der Waals surface area contributed by atoms with Crippen molar-refractivity contribution in [2.45, 2.75) is 6.92 Å². The fourth-order valence-electron chi connectivity index (χ4n) is 3.22. The number of fused-ring (bicyclic) bond motifs is 2. The van der Waals surface area contributed by atoms with Crippen molar-refractivity contribution in [3.8, 4) is 23.0 Å². The van der Waals surface area contributed by atoms with E-state index in [9.17, 15) is 4.79 Å². The van der Waals surface area contributed by atoms with E-state index in [1.807, 2.05) is 25.1 Å². The van der Waals surface area contributed by atoms with Gasteiger partial charge in [0.2, 0.25) is 6.79 Å². The molecular weight excluding hydrogens is 308 g/mol. The zero-order valence-corrected chi connectivity index (χ0v) is 13.6. The maximum Gasteiger partial charge on any atom is 0.231 e. The third kappa shape index (κ3) is 1.98. The fraction of sp³-hybridized carbons (Fsp3) is 0.211. The summed E-state index contributed by atoms with van der Waals surface area (Å²) in [6, 6.07) is 9.12. The molecule has 0 bridgehead atoms. The molecule has 1 aliphatic carbocycles. The second kappa shape index (κ2) is 5.30. The van der Waals surface area contributed by atoms with E-state index in [-0.39, 0.29) is 12.6 Å². The Kier molecular flexibility index (Phi) is 3.23. The van der Waals surface area contributed by atoms with Crippen molar-refractivity contribution in [3.63, 3.8) is 0 Å². The molecule has 0 radical (unpaired) electrons. The molecule has 0 aromatic heterocycles. The van der Waals surface area contributed by atoms with Gasteiger partial charge in [-0.3, -0.25) is 4.79 Å². The maximum atomic E-state index is 12.9. The lowest BCUT2D eigenvalue weighted by molar-refractivity contribution is 0.105. The predicted octanol–water partition coefficient (Wildman–Crippen LogP) is 3.56. The minimum absolute atomic E-state index is 0.0204. The summed E-state index contributed by atoms with van der Waals surface area (Å²) in [5.41, 5.74) is 3.90. The molecule has 0 saturated carbocycles. The molecule has 1 heterocycles. The molecule has 0 spiro atoms. The van der Waals surface area contributed by atoms with Crippen molar-refractivity contribution in [3.05, 3.63) is 47.0 Å². The second-order valence-electron chi connectivity index (χ2n) is 5.65. The van der Waals surface area contributed by atoms with Gasteiger partial charge in [-0.25, -0.2) is 0 Å². The lowest BCUT2D eigenvalue weighted by Gasteiger charge is -2.10. The van der Waals surface area contributed by atoms with Gasteiger partial charge < -0.3 is 18.9 Å². The van der Waals surface area contributed by atoms with Crippen molar-refractivity contribution in [2.75, 3.05) is 21.0 Å². The van der Waals surface area contributed by atoms with Gasteiger partial charge in [0.25, 0.3) is 0 Å². The smallest absolute Gasteiger partial charge is 0.231 e. The first-order chi connectivity index (χ1) is 11.6. The summed E-state index contributed by atoms with van der Waals surface area (Å²) in [4.78, 5) is 12.9. The Morgan fingerprint density at radius 2 is 1.58 bits per heavy atom. The summed E-state index contributed by atoms with van der Waals surface area (Å²) in [5, 5.41) is 0. The van der Waals surface area contributed by atoms with E-state index in [1.54, 1.807) is 26.4 Å². The highest BCUT2D eigenvalue weighted by Crippen LogP contribution is 2.45. The number of rotatable bonds is 3. The van der Waals surface area contributed by atoms with Crippen LogP contribution in [0.2, 0.25) is 0 Å². The minimum Gasteiger partial charge on any atom is -0.493 e. The van der Waals surface area contributed by atoms with Gasteiger partial charge in [0, 0.05) is 11.1 Å². The Hall–Kier alpha value is -2.95. The van der Waals surface area contributed by atoms with Crippen LogP contribution in [0, 0.1) is 0 Å². The molecule has 5 nitrogen and oxygen atoms in total. The molecule has 122 valence electrons. The van der Waals surface area contributed by atoms with Crippen LogP contribution in [0.4, 0.5) is 0 Å². The topological polar surface area (TPSA) is 54.0 Å². The number of hydrogen-bond donors (Lipinski definition) is 0. The summed E-state index contributed by atoms with van der Waals surface area (Å²) >= 11 is 0. The Bertz CT molecular complexity index is 895. The number of hydrogen-bond acceptors (Lipinski definition) is 5. The SMILES string of the molecule is COc1ccc(C2=C(C)c3cc4c(cc3C2=O)OCO4)cc1OC. The first-order valence-corrected chi connectivity index (χ1v) is 7.56. The summed E-state index contributed by atoms with van der Waals surface area (Å²) in [5.74, 6) is 2.49. The second-order valence-corrected chi connectivity index (χ2v) is 5.65. The molecule has 2 aromatic carbocycles. The molecule has 0 unspecified atom stereocenters. The zero-order valence-electron chi connectivity index (χ0n) is 13.6. The number of allylic oxidation sites excluding steroid dienone is 2. The van der Waals surface area contributed by atoms with Crippen molar-refractivity contribution < 1.29 is 23.7 Å². The van der Waals surface area contributed by atoms with Crippen molar-refractivity contribution in [1.82, 2.24) is 0 Å². The van der Waals surface area contributed by atoms with Crippen molar-refractivity contribution >= 4 is 16.9 Å². The number of ether oxygens (including phenoxy) is 4. The molecule has 24 heavy (non-hydrogen) atoms. The lowest BCUT2D eigenvalue weighted by Crippen LogP contribution is -2.00. The Morgan fingerprint density at radius 1 is 0.917 bits per heavy atom. The van der Waals surface area contributed by atoms with Crippen LogP contribution in [0.15, 0.2) is 30.3 Å². The van der Waals surface area contributed by atoms with Gasteiger partial charge in [0.1, 0.15) is 0 Å². The molecule has 0 saturated heterocycles. The third-order valence-electron chi connectivity index (χ3n) is 4.44. The molecular formula is C19H16O5. The standard InChI is InChI=1S/C19H16O5/c1-10-12-7-16-17(24-9-23-16)8-13(12)19(20)18(10)11-4-5-14(21-2)15(6-11)22-3/h4-8H,9H2,1-3H3. The summed E-state index contributed by atoms with van der Waals surface area (Å²) in [6.45, 7) is 2.13. The van der Waals surface area contributed by atoms with E-state index in [1.165, 1.54) is 0 Å². The van der Waals surface area contributed by atoms with Crippen LogP contribution in [0.1, 0.15) is 28.4 Å². The van der Waals surface area contributed by atoms with Gasteiger partial charge in [0.15, 0.2) is 28.8 Å². The van der Waals surface area contributed by atoms with Crippen LogP contribution < -0.4 is 18.9 Å². The fourth-order valence-corrected chi connectivity index (χ4v) is 3.22. The highest BCUT2D eigenvalue weighted by molar-refractivity contribution is 6.39. The van der Waals surface area contributed by atoms with E-state index < -0.39 is 0 Å². The molecule has 2 aliphatic rings. The normalized spacial score (nSPS) is 14.9. The van der Waals surface area contributed by atoms with Crippen molar-refractivity contribution in [1.29, 1.82) is 0 Å². The van der Waals surface area contributed by atoms with Crippen LogP contribution >= 0.6 is 0 Å². The van der Waals surface area contributed by atoms with E-state index >= 15 is 0 Å². The minimum atomic E-state index is -0.0204. The first kappa shape index (κ1) is 14.6. The number of carbonyl (C=O) groups is 1. The van der Waals surface area contributed by atoms with Gasteiger partial charge in [-0.2, -0.15) is 0 Å². The first-order valence-electron chi connectivity index (χ1n) is 7.56. The molecule has 0 atom stereocenters. The van der Waals surface area contributed by atoms with E-state index in [0.717, 1.165) is 16.7 Å². The maximum absolute atomic E-state index is 12.9. The van der Waals surface area contributed by atoms with Crippen LogP contribution in [0.25, 0.3) is 11.1 Å². The van der Waals surface area contributed by atoms with Gasteiger partial charge in [-0.15, -0.1) is 0 Å². The summed E-state index contributed by atoms with van der Waals surface area (Å²) in [7, 11) is 3.16. The number of ketones is 1. The van der Waals surface area contributed by atoms with Gasteiger partial charge in [-0.1, -0.05) is 6.07 Å². The van der Waals surface area contributed by atoms with Crippen LogP contribution in [-0.2, 0) is 0 Å². The van der Waals surface area contributed by atoms with E-state index in [4.69, 9.17) is 18.9 Å². The highest BCUT2D eigenvalue weighted by Gasteiger charge is 2.31. The summed E-state index contributed by atoms with van der Waals surface area (Å²) < 4.78 is 21.4. The molecule has 0 N–H and O–H groups in total. The average molecular weight is 324 g/mol. The van der Waals surface area contributed by atoms with Gasteiger partial charge in [-0.05, 0) is 47.9 Å². The Labute approximate surface area is 139 Å². The van der Waals surface area contributed by atoms with Crippen LogP contribution in [0.5, 0.6) is 23.0 Å². The number of carbonyl (C=O) groups excluding carboxylic acids is 1. The van der Waals surface area contributed by atoms with Crippen LogP contribution in [-0.4, -0.2) is 26.8 Å². The lowest BCUT2D eigenvalue weighted by atomic mass is 10.00. The third-order valence-corrected chi connectivity index (χ3v) is 4.44. The predicted molar refractivity (Wildman–Crippen MR) is 88.9 cm³/mol. The van der Waals surface area contributed by atoms with Gasteiger partial charge in [0.05, 0.1) is 14.2 Å².